The molecule has 0 aliphatic rings. The zero-order valence-corrected chi connectivity index (χ0v) is 12.9. The summed E-state index contributed by atoms with van der Waals surface area (Å²) in [4.78, 5) is 22.8. The van der Waals surface area contributed by atoms with Crippen LogP contribution in [0.25, 0.3) is 0 Å². The molecular weight excluding hydrogens is 300 g/mol. The Morgan fingerprint density at radius 1 is 1.35 bits per heavy atom. The van der Waals surface area contributed by atoms with E-state index in [2.05, 4.69) is 10.5 Å². The van der Waals surface area contributed by atoms with Crippen molar-refractivity contribution in [2.45, 2.75) is 32.8 Å². The number of aromatic nitrogens is 1. The second-order valence-corrected chi connectivity index (χ2v) is 5.04. The summed E-state index contributed by atoms with van der Waals surface area (Å²) in [6, 6.07) is 8.23. The number of ether oxygens (including phenoxy) is 1. The molecule has 2 N–H and O–H groups in total. The molecule has 1 aromatic carbocycles. The van der Waals surface area contributed by atoms with Crippen LogP contribution < -0.4 is 10.1 Å². The summed E-state index contributed by atoms with van der Waals surface area (Å²) in [5.74, 6) is 0.218. The van der Waals surface area contributed by atoms with Gasteiger partial charge in [-0.2, -0.15) is 0 Å². The Labute approximate surface area is 133 Å². The van der Waals surface area contributed by atoms with Gasteiger partial charge in [-0.1, -0.05) is 24.2 Å². The number of nitrogens with one attached hydrogen (secondary N) is 1. The van der Waals surface area contributed by atoms with E-state index in [4.69, 9.17) is 14.4 Å². The lowest BCUT2D eigenvalue weighted by Gasteiger charge is -2.16. The van der Waals surface area contributed by atoms with E-state index in [0.717, 1.165) is 0 Å². The molecule has 7 nitrogen and oxygen atoms in total. The second-order valence-electron chi connectivity index (χ2n) is 5.04. The topological polar surface area (TPSA) is 102 Å². The number of carbonyl (C=O) groups excluding carboxylic acids is 1. The molecule has 1 unspecified atom stereocenters. The highest BCUT2D eigenvalue weighted by atomic mass is 16.5. The summed E-state index contributed by atoms with van der Waals surface area (Å²) < 4.78 is 10.5. The SMILES string of the molecule is CCC(Oc1ccc(CC(=O)O)cc1)C(=O)Nc1cc(C)on1. The average molecular weight is 318 g/mol. The number of nitrogens with zero attached hydrogens (tertiary/aromatic N) is 1. The number of carbonyl (C=O) groups is 2. The molecule has 0 radical (unpaired) electrons. The van der Waals surface area contributed by atoms with Gasteiger partial charge in [0.05, 0.1) is 6.42 Å². The quantitative estimate of drug-likeness (QED) is 0.813. The van der Waals surface area contributed by atoms with E-state index in [1.54, 1.807) is 37.3 Å². The highest BCUT2D eigenvalue weighted by Gasteiger charge is 2.19. The van der Waals surface area contributed by atoms with Crippen LogP contribution in [0, 0.1) is 6.92 Å². The van der Waals surface area contributed by atoms with Crippen LogP contribution in [0.3, 0.4) is 0 Å². The maximum atomic E-state index is 12.2. The monoisotopic (exact) mass is 318 g/mol. The van der Waals surface area contributed by atoms with Crippen LogP contribution in [0.1, 0.15) is 24.7 Å². The van der Waals surface area contributed by atoms with E-state index >= 15 is 0 Å². The van der Waals surface area contributed by atoms with Gasteiger partial charge in [-0.15, -0.1) is 0 Å². The number of aliphatic carboxylic acids is 1. The average Bonchev–Trinajstić information content (AvgIpc) is 2.91. The fraction of sp³-hybridized carbons (Fsp3) is 0.312. The van der Waals surface area contributed by atoms with Crippen molar-refractivity contribution in [3.8, 4) is 5.75 Å². The number of hydrogen-bond acceptors (Lipinski definition) is 5. The molecule has 1 heterocycles. The van der Waals surface area contributed by atoms with Gasteiger partial charge >= 0.3 is 5.97 Å². The van der Waals surface area contributed by atoms with Gasteiger partial charge in [0.1, 0.15) is 11.5 Å². The van der Waals surface area contributed by atoms with Gasteiger partial charge < -0.3 is 19.7 Å². The van der Waals surface area contributed by atoms with E-state index in [-0.39, 0.29) is 12.3 Å². The van der Waals surface area contributed by atoms with Gasteiger partial charge in [-0.3, -0.25) is 9.59 Å². The van der Waals surface area contributed by atoms with Crippen molar-refractivity contribution in [2.24, 2.45) is 0 Å². The van der Waals surface area contributed by atoms with E-state index < -0.39 is 12.1 Å². The predicted octanol–water partition coefficient (Wildman–Crippen LogP) is 2.41. The van der Waals surface area contributed by atoms with Crippen LogP contribution >= 0.6 is 0 Å². The molecule has 1 aromatic heterocycles. The van der Waals surface area contributed by atoms with Crippen molar-refractivity contribution in [2.75, 3.05) is 5.32 Å². The van der Waals surface area contributed by atoms with Crippen LogP contribution in [0.15, 0.2) is 34.9 Å². The Bertz CT molecular complexity index is 678. The van der Waals surface area contributed by atoms with Crippen molar-refractivity contribution >= 4 is 17.7 Å². The van der Waals surface area contributed by atoms with Crippen molar-refractivity contribution in [3.63, 3.8) is 0 Å². The molecular formula is C16H18N2O5. The van der Waals surface area contributed by atoms with Crippen LogP contribution in [-0.2, 0) is 16.0 Å². The molecule has 1 amide bonds. The maximum Gasteiger partial charge on any atom is 0.307 e. The molecule has 7 heteroatoms. The summed E-state index contributed by atoms with van der Waals surface area (Å²) in [7, 11) is 0. The minimum Gasteiger partial charge on any atom is -0.481 e. The first-order valence-corrected chi connectivity index (χ1v) is 7.19. The van der Waals surface area contributed by atoms with E-state index in [9.17, 15) is 9.59 Å². The first kappa shape index (κ1) is 16.5. The highest BCUT2D eigenvalue weighted by molar-refractivity contribution is 5.93. The number of anilines is 1. The van der Waals surface area contributed by atoms with Gasteiger partial charge in [0.2, 0.25) is 0 Å². The minimum atomic E-state index is -0.896. The minimum absolute atomic E-state index is 0.0521. The summed E-state index contributed by atoms with van der Waals surface area (Å²) in [6.45, 7) is 3.56. The molecule has 0 aliphatic heterocycles. The first-order valence-electron chi connectivity index (χ1n) is 7.19. The van der Waals surface area contributed by atoms with Crippen LogP contribution in [-0.4, -0.2) is 28.2 Å². The molecule has 0 aliphatic carbocycles. The third kappa shape index (κ3) is 4.84. The molecule has 122 valence electrons. The lowest BCUT2D eigenvalue weighted by atomic mass is 10.1. The zero-order valence-electron chi connectivity index (χ0n) is 12.9. The fourth-order valence-corrected chi connectivity index (χ4v) is 1.98. The van der Waals surface area contributed by atoms with Crippen molar-refractivity contribution in [1.29, 1.82) is 0 Å². The highest BCUT2D eigenvalue weighted by Crippen LogP contribution is 2.17. The lowest BCUT2D eigenvalue weighted by Crippen LogP contribution is -2.32. The number of benzene rings is 1. The largest absolute Gasteiger partial charge is 0.481 e. The molecule has 0 bridgehead atoms. The van der Waals surface area contributed by atoms with E-state index in [1.807, 2.05) is 6.92 Å². The molecule has 0 saturated carbocycles. The standard InChI is InChI=1S/C16H18N2O5/c1-3-13(16(21)17-14-8-10(2)23-18-14)22-12-6-4-11(5-7-12)9-15(19)20/h4-8,13H,3,9H2,1-2H3,(H,19,20)(H,17,18,21). The van der Waals surface area contributed by atoms with Crippen LogP contribution in [0.5, 0.6) is 5.75 Å². The Balaban J connectivity index is 1.98. The van der Waals surface area contributed by atoms with Crippen LogP contribution in [0.2, 0.25) is 0 Å². The fourth-order valence-electron chi connectivity index (χ4n) is 1.98. The van der Waals surface area contributed by atoms with Crippen molar-refractivity contribution in [3.05, 3.63) is 41.7 Å². The number of rotatable bonds is 7. The second kappa shape index (κ2) is 7.44. The zero-order chi connectivity index (χ0) is 16.8. The molecule has 2 rings (SSSR count). The molecule has 0 saturated heterocycles. The number of carboxylic acids is 1. The smallest absolute Gasteiger partial charge is 0.307 e. The number of amides is 1. The van der Waals surface area contributed by atoms with E-state index in [1.165, 1.54) is 0 Å². The Kier molecular flexibility index (Phi) is 5.35. The summed E-state index contributed by atoms with van der Waals surface area (Å²) >= 11 is 0. The molecule has 1 atom stereocenters. The van der Waals surface area contributed by atoms with E-state index in [0.29, 0.717) is 29.3 Å². The number of carboxylic acid groups (broad SMARTS) is 1. The van der Waals surface area contributed by atoms with Gasteiger partial charge in [-0.25, -0.2) is 0 Å². The van der Waals surface area contributed by atoms with Gasteiger partial charge in [-0.05, 0) is 31.0 Å². The third-order valence-corrected chi connectivity index (χ3v) is 3.10. The molecule has 2 aromatic rings. The summed E-state index contributed by atoms with van der Waals surface area (Å²) in [5, 5.41) is 15.1. The van der Waals surface area contributed by atoms with Crippen molar-refractivity contribution < 1.29 is 24.0 Å². The maximum absolute atomic E-state index is 12.2. The lowest BCUT2D eigenvalue weighted by molar-refractivity contribution is -0.136. The molecule has 23 heavy (non-hydrogen) atoms. The number of aryl methyl sites for hydroxylation is 1. The Hall–Kier alpha value is -2.83. The summed E-state index contributed by atoms with van der Waals surface area (Å²) in [6.07, 6.45) is -0.263. The normalized spacial score (nSPS) is 11.7. The van der Waals surface area contributed by atoms with Crippen LogP contribution in [0.4, 0.5) is 5.82 Å². The third-order valence-electron chi connectivity index (χ3n) is 3.10. The van der Waals surface area contributed by atoms with Gasteiger partial charge in [0.25, 0.3) is 5.91 Å². The molecule has 0 fully saturated rings. The van der Waals surface area contributed by atoms with Gasteiger partial charge in [0.15, 0.2) is 11.9 Å². The number of hydrogen-bond donors (Lipinski definition) is 2. The first-order chi connectivity index (χ1) is 11.0. The van der Waals surface area contributed by atoms with Gasteiger partial charge in [0, 0.05) is 6.07 Å². The Morgan fingerprint density at radius 2 is 2.04 bits per heavy atom. The molecule has 0 spiro atoms. The summed E-state index contributed by atoms with van der Waals surface area (Å²) in [5.41, 5.74) is 0.667. The Morgan fingerprint density at radius 3 is 2.57 bits per heavy atom. The predicted molar refractivity (Wildman–Crippen MR) is 82.4 cm³/mol. The van der Waals surface area contributed by atoms with Crippen molar-refractivity contribution in [1.82, 2.24) is 5.16 Å².